The summed E-state index contributed by atoms with van der Waals surface area (Å²) in [6.45, 7) is 5.56. The molecule has 53 heavy (non-hydrogen) atoms. The summed E-state index contributed by atoms with van der Waals surface area (Å²) in [5.41, 5.74) is 5.15. The van der Waals surface area contributed by atoms with E-state index in [-0.39, 0.29) is 39.5 Å². The molecule has 2 aromatic heterocycles. The van der Waals surface area contributed by atoms with Crippen LogP contribution in [-0.4, -0.2) is 135 Å². The molecule has 8 N–H and O–H groups in total. The van der Waals surface area contributed by atoms with E-state index in [2.05, 4.69) is 41.4 Å². The summed E-state index contributed by atoms with van der Waals surface area (Å²) in [5, 5.41) is 54.0. The largest absolute Gasteiger partial charge is 0.504 e. The van der Waals surface area contributed by atoms with Gasteiger partial charge in [0.05, 0.1) is 42.5 Å². The Kier molecular flexibility index (Phi) is 10.8. The average molecular weight is 791 g/mol. The van der Waals surface area contributed by atoms with Crippen molar-refractivity contribution in [3.05, 3.63) is 45.2 Å². The number of thiazole rings is 1. The fraction of sp³-hybridized carbons (Fsp3) is 0.452. The van der Waals surface area contributed by atoms with Gasteiger partial charge in [0.1, 0.15) is 23.7 Å². The number of phenols is 2. The number of nitrogens with zero attached hydrogens (tertiary/aromatic N) is 7. The molecule has 22 heteroatoms. The molecule has 2 atom stereocenters. The number of aromatic hydroxyl groups is 2. The van der Waals surface area contributed by atoms with Crippen molar-refractivity contribution in [3.63, 3.8) is 0 Å². The number of carbonyl (C=O) groups is 4. The second kappa shape index (κ2) is 15.2. The van der Waals surface area contributed by atoms with Crippen molar-refractivity contribution < 1.29 is 43.8 Å². The molecule has 19 nitrogen and oxygen atoms in total. The molecule has 282 valence electrons. The van der Waals surface area contributed by atoms with Crippen molar-refractivity contribution in [2.45, 2.75) is 50.1 Å². The molecular weight excluding hydrogens is 754 g/mol. The highest BCUT2D eigenvalue weighted by molar-refractivity contribution is 8.00. The van der Waals surface area contributed by atoms with Gasteiger partial charge in [0.2, 0.25) is 11.4 Å². The van der Waals surface area contributed by atoms with E-state index in [0.29, 0.717) is 29.0 Å². The highest BCUT2D eigenvalue weighted by Crippen LogP contribution is 2.44. The first-order valence-corrected chi connectivity index (χ1v) is 18.8. The molecule has 0 bridgehead atoms. The number of nitrogens with two attached hydrogens (primary N) is 1. The number of carbonyl (C=O) groups excluding carboxylic acids is 3. The summed E-state index contributed by atoms with van der Waals surface area (Å²) >= 11 is 8.61. The van der Waals surface area contributed by atoms with Crippen molar-refractivity contribution in [2.75, 3.05) is 44.2 Å². The second-order valence-corrected chi connectivity index (χ2v) is 15.6. The number of nitrogen functional groups attached to an aromatic ring is 1. The number of quaternary nitrogens is 1. The SMILES string of the molecule is CC(C)(O/N=C(\C(=O)N[C@@H]1C(=O)N2C(c3nn[nH]n3)=C(C[N+]3(CCNC(=O)c4ccc(O)c(O)c4Cl)CCCCC3)CS[C@H]12)c1csc(N)n1)C(=O)O. The number of oxime groups is 1. The summed E-state index contributed by atoms with van der Waals surface area (Å²) in [6.07, 6.45) is 2.99. The van der Waals surface area contributed by atoms with Gasteiger partial charge in [0.15, 0.2) is 22.3 Å². The lowest BCUT2D eigenvalue weighted by Crippen LogP contribution is -2.70. The van der Waals surface area contributed by atoms with E-state index < -0.39 is 52.2 Å². The van der Waals surface area contributed by atoms with Crippen LogP contribution >= 0.6 is 34.7 Å². The van der Waals surface area contributed by atoms with Crippen LogP contribution < -0.4 is 16.4 Å². The molecule has 3 aliphatic rings. The van der Waals surface area contributed by atoms with Crippen molar-refractivity contribution in [1.29, 1.82) is 0 Å². The molecule has 3 amide bonds. The van der Waals surface area contributed by atoms with Gasteiger partial charge < -0.3 is 41.0 Å². The minimum atomic E-state index is -1.76. The first-order chi connectivity index (χ1) is 25.2. The maximum absolute atomic E-state index is 13.9. The first kappa shape index (κ1) is 37.8. The topological polar surface area (TPSA) is 271 Å². The number of rotatable bonds is 13. The molecular formula is C31H37ClN11O8S2+. The van der Waals surface area contributed by atoms with E-state index in [9.17, 15) is 34.5 Å². The van der Waals surface area contributed by atoms with Gasteiger partial charge in [-0.3, -0.25) is 19.3 Å². The molecule has 3 aromatic rings. The number of amides is 3. The van der Waals surface area contributed by atoms with Crippen LogP contribution in [0.2, 0.25) is 5.02 Å². The molecule has 5 heterocycles. The van der Waals surface area contributed by atoms with Gasteiger partial charge >= 0.3 is 5.97 Å². The number of hydrogen-bond acceptors (Lipinski definition) is 15. The number of carboxylic acids is 1. The minimum Gasteiger partial charge on any atom is -0.504 e. The number of thioether (sulfide) groups is 1. The zero-order valence-electron chi connectivity index (χ0n) is 28.5. The summed E-state index contributed by atoms with van der Waals surface area (Å²) in [7, 11) is 0. The Hall–Kier alpha value is -4.99. The predicted molar refractivity (Wildman–Crippen MR) is 193 cm³/mol. The average Bonchev–Trinajstić information content (AvgIpc) is 3.82. The number of aromatic amines is 1. The van der Waals surface area contributed by atoms with Crippen molar-refractivity contribution >= 4 is 74.9 Å². The Balaban J connectivity index is 1.21. The quantitative estimate of drug-likeness (QED) is 0.0421. The first-order valence-electron chi connectivity index (χ1n) is 16.5. The smallest absolute Gasteiger partial charge is 0.350 e. The van der Waals surface area contributed by atoms with Crippen LogP contribution in [-0.2, 0) is 19.2 Å². The second-order valence-electron chi connectivity index (χ2n) is 13.2. The predicted octanol–water partition coefficient (Wildman–Crippen LogP) is 1.13. The van der Waals surface area contributed by atoms with E-state index >= 15 is 0 Å². The number of H-pyrrole nitrogens is 1. The molecule has 6 rings (SSSR count). The number of β-lactam (4-membered cyclic amide) rings is 1. The van der Waals surface area contributed by atoms with E-state index in [4.69, 9.17) is 22.2 Å². The zero-order valence-corrected chi connectivity index (χ0v) is 30.9. The number of aliphatic carboxylic acids is 1. The summed E-state index contributed by atoms with van der Waals surface area (Å²) < 4.78 is 0.613. The van der Waals surface area contributed by atoms with Crippen molar-refractivity contribution in [2.24, 2.45) is 5.16 Å². The lowest BCUT2D eigenvalue weighted by Gasteiger charge is -2.51. The molecule has 2 saturated heterocycles. The van der Waals surface area contributed by atoms with Crippen molar-refractivity contribution in [3.8, 4) is 11.5 Å². The number of hydrogen-bond donors (Lipinski definition) is 7. The number of carboxylic acid groups (broad SMARTS) is 1. The lowest BCUT2D eigenvalue weighted by atomic mass is 10.00. The fourth-order valence-electron chi connectivity index (χ4n) is 6.37. The summed E-state index contributed by atoms with van der Waals surface area (Å²) in [6, 6.07) is 1.55. The molecule has 0 radical (unpaired) electrons. The minimum absolute atomic E-state index is 0.0349. The number of piperidine rings is 1. The van der Waals surface area contributed by atoms with Gasteiger partial charge in [-0.25, -0.2) is 9.78 Å². The number of fused-ring (bicyclic) bond motifs is 1. The molecule has 1 aromatic carbocycles. The Morgan fingerprint density at radius 3 is 2.64 bits per heavy atom. The molecule has 3 aliphatic heterocycles. The van der Waals surface area contributed by atoms with Crippen LogP contribution in [0.1, 0.15) is 55.0 Å². The van der Waals surface area contributed by atoms with Gasteiger partial charge in [-0.15, -0.1) is 33.3 Å². The normalized spacial score (nSPS) is 20.0. The van der Waals surface area contributed by atoms with Crippen molar-refractivity contribution in [1.82, 2.24) is 41.1 Å². The highest BCUT2D eigenvalue weighted by Gasteiger charge is 2.55. The Bertz CT molecular complexity index is 1980. The number of tetrazole rings is 1. The number of benzene rings is 1. The van der Waals surface area contributed by atoms with Crippen LogP contribution in [0.4, 0.5) is 5.13 Å². The van der Waals surface area contributed by atoms with Gasteiger partial charge in [0.25, 0.3) is 17.7 Å². The van der Waals surface area contributed by atoms with Gasteiger partial charge in [0, 0.05) is 16.7 Å². The third kappa shape index (κ3) is 7.73. The maximum Gasteiger partial charge on any atom is 0.350 e. The van der Waals surface area contributed by atoms with Crippen LogP contribution in [0, 0.1) is 0 Å². The Morgan fingerprint density at radius 2 is 1.98 bits per heavy atom. The van der Waals surface area contributed by atoms with Gasteiger partial charge in [-0.1, -0.05) is 16.8 Å². The summed E-state index contributed by atoms with van der Waals surface area (Å²) in [4.78, 5) is 62.9. The fourth-order valence-corrected chi connectivity index (χ4v) is 8.50. The number of anilines is 1. The third-order valence-corrected chi connectivity index (χ3v) is 11.6. The van der Waals surface area contributed by atoms with Crippen LogP contribution in [0.25, 0.3) is 5.70 Å². The lowest BCUT2D eigenvalue weighted by molar-refractivity contribution is -0.927. The Morgan fingerprint density at radius 1 is 1.23 bits per heavy atom. The van der Waals surface area contributed by atoms with Crippen LogP contribution in [0.3, 0.4) is 0 Å². The molecule has 0 aliphatic carbocycles. The zero-order chi connectivity index (χ0) is 38.1. The number of nitrogens with one attached hydrogen (secondary N) is 3. The number of likely N-dealkylation sites (tertiary alicyclic amines) is 1. The number of aromatic nitrogens is 5. The van der Waals surface area contributed by atoms with E-state index in [1.807, 2.05) is 0 Å². The summed E-state index contributed by atoms with van der Waals surface area (Å²) in [5.74, 6) is -3.34. The van der Waals surface area contributed by atoms with Gasteiger partial charge in [-0.05, 0) is 50.5 Å². The van der Waals surface area contributed by atoms with Gasteiger partial charge in [-0.2, -0.15) is 5.21 Å². The van der Waals surface area contributed by atoms with Crippen LogP contribution in [0.15, 0.2) is 28.2 Å². The molecule has 0 spiro atoms. The maximum atomic E-state index is 13.9. The van der Waals surface area contributed by atoms with E-state index in [0.717, 1.165) is 49.3 Å². The van der Waals surface area contributed by atoms with E-state index in [1.54, 1.807) is 4.90 Å². The standard InChI is InChI=1S/C31H36ClN11O8S2/c1-31(2,29(49)50)51-39-20(17-14-53-30(33)35-17)26(47)36-21-27(48)42-22(24-37-40-41-38-24)15(13-52-28(21)42)12-43(9-4-3-5-10-43)11-8-34-25(46)16-6-7-18(44)23(45)19(16)32/h6-7,14,21,28H,3-5,8-13H2,1-2H3,(H7-,33,34,35,36,37,38,39,40,41,44,45,46,47,49,50)/p+1/t21-,28-/m1/s1. The Labute approximate surface area is 315 Å². The number of halogens is 1. The molecule has 0 unspecified atom stereocenters. The monoisotopic (exact) mass is 790 g/mol. The molecule has 2 fully saturated rings. The van der Waals surface area contributed by atoms with E-state index in [1.165, 1.54) is 43.1 Å². The highest BCUT2D eigenvalue weighted by atomic mass is 35.5. The third-order valence-electron chi connectivity index (χ3n) is 9.25. The van der Waals surface area contributed by atoms with Crippen LogP contribution in [0.5, 0.6) is 11.5 Å². The number of phenolic OH excluding ortho intramolecular Hbond substituents is 2. The molecule has 0 saturated carbocycles.